The van der Waals surface area contributed by atoms with E-state index in [4.69, 9.17) is 23.7 Å². The molecule has 0 aromatic carbocycles. The van der Waals surface area contributed by atoms with Gasteiger partial charge in [-0.15, -0.1) is 0 Å². The molecule has 5 atom stereocenters. The van der Waals surface area contributed by atoms with E-state index in [2.05, 4.69) is 0 Å². The molecule has 5 heteroatoms. The van der Waals surface area contributed by atoms with Crippen molar-refractivity contribution in [2.75, 3.05) is 26.4 Å². The molecular weight excluding hydrogens is 224 g/mol. The van der Waals surface area contributed by atoms with E-state index < -0.39 is 0 Å². The second-order valence-electron chi connectivity index (χ2n) is 4.14. The van der Waals surface area contributed by atoms with Crippen LogP contribution in [0.5, 0.6) is 0 Å². The lowest BCUT2D eigenvalue weighted by Gasteiger charge is -2.39. The summed E-state index contributed by atoms with van der Waals surface area (Å²) in [6, 6.07) is 0. The van der Waals surface area contributed by atoms with E-state index in [0.717, 1.165) is 0 Å². The minimum atomic E-state index is -0.312. The number of hydrogen-bond acceptors (Lipinski definition) is 5. The van der Waals surface area contributed by atoms with E-state index >= 15 is 0 Å². The van der Waals surface area contributed by atoms with Gasteiger partial charge < -0.3 is 23.7 Å². The first kappa shape index (κ1) is 13.2. The summed E-state index contributed by atoms with van der Waals surface area (Å²) < 4.78 is 28.6. The molecule has 0 radical (unpaired) electrons. The maximum atomic E-state index is 5.78. The Balaban J connectivity index is 2.11. The minimum absolute atomic E-state index is 0.0341. The van der Waals surface area contributed by atoms with Gasteiger partial charge in [-0.25, -0.2) is 0 Å². The highest BCUT2D eigenvalue weighted by atomic mass is 16.8. The SMILES string of the molecule is CCO[C@@H]1[C@@H](OCC)[C@@H]2OC[C@@H](O2)[C@H]1OCC. The van der Waals surface area contributed by atoms with E-state index in [-0.39, 0.29) is 30.7 Å². The standard InChI is InChI=1S/C12H22O5/c1-4-13-9-8-7-16-12(17-8)11(15-6-3)10(9)14-5-2/h8-12H,4-7H2,1-3H3/t8-,9-,10+,11-,12-/m1/s1. The summed E-state index contributed by atoms with van der Waals surface area (Å²) in [5, 5.41) is 0. The summed E-state index contributed by atoms with van der Waals surface area (Å²) in [4.78, 5) is 0. The molecule has 0 spiro atoms. The van der Waals surface area contributed by atoms with Gasteiger partial charge in [-0.2, -0.15) is 0 Å². The number of rotatable bonds is 6. The van der Waals surface area contributed by atoms with Gasteiger partial charge in [0.15, 0.2) is 6.29 Å². The minimum Gasteiger partial charge on any atom is -0.373 e. The van der Waals surface area contributed by atoms with Gasteiger partial charge in [0.25, 0.3) is 0 Å². The summed E-state index contributed by atoms with van der Waals surface area (Å²) in [7, 11) is 0. The highest BCUT2D eigenvalue weighted by molar-refractivity contribution is 4.96. The molecule has 5 nitrogen and oxygen atoms in total. The predicted molar refractivity (Wildman–Crippen MR) is 60.9 cm³/mol. The van der Waals surface area contributed by atoms with Gasteiger partial charge in [-0.3, -0.25) is 0 Å². The maximum Gasteiger partial charge on any atom is 0.187 e. The van der Waals surface area contributed by atoms with Crippen molar-refractivity contribution >= 4 is 0 Å². The number of ether oxygens (including phenoxy) is 5. The van der Waals surface area contributed by atoms with E-state index in [1.165, 1.54) is 0 Å². The molecule has 0 aromatic rings. The van der Waals surface area contributed by atoms with Crippen LogP contribution in [0.15, 0.2) is 0 Å². The van der Waals surface area contributed by atoms with Crippen molar-refractivity contribution in [3.63, 3.8) is 0 Å². The molecule has 2 aliphatic heterocycles. The molecule has 2 rings (SSSR count). The number of fused-ring (bicyclic) bond motifs is 2. The molecule has 0 amide bonds. The van der Waals surface area contributed by atoms with Crippen molar-refractivity contribution < 1.29 is 23.7 Å². The Kier molecular flexibility index (Phi) is 4.76. The van der Waals surface area contributed by atoms with Crippen molar-refractivity contribution in [2.24, 2.45) is 0 Å². The average molecular weight is 246 g/mol. The molecule has 100 valence electrons. The van der Waals surface area contributed by atoms with Gasteiger partial charge in [-0.05, 0) is 20.8 Å². The first-order valence-electron chi connectivity index (χ1n) is 6.43. The van der Waals surface area contributed by atoms with E-state index in [9.17, 15) is 0 Å². The molecule has 2 bridgehead atoms. The molecule has 0 aliphatic carbocycles. The zero-order chi connectivity index (χ0) is 12.3. The largest absolute Gasteiger partial charge is 0.373 e. The lowest BCUT2D eigenvalue weighted by atomic mass is 10.0. The van der Waals surface area contributed by atoms with Gasteiger partial charge in [0.2, 0.25) is 0 Å². The van der Waals surface area contributed by atoms with E-state index in [1.807, 2.05) is 20.8 Å². The van der Waals surface area contributed by atoms with Gasteiger partial charge in [0.05, 0.1) is 6.61 Å². The van der Waals surface area contributed by atoms with E-state index in [1.54, 1.807) is 0 Å². The lowest BCUT2D eigenvalue weighted by molar-refractivity contribution is -0.259. The highest BCUT2D eigenvalue weighted by Crippen LogP contribution is 2.33. The lowest BCUT2D eigenvalue weighted by Crippen LogP contribution is -2.57. The summed E-state index contributed by atoms with van der Waals surface area (Å²) in [5.41, 5.74) is 0. The van der Waals surface area contributed by atoms with Crippen LogP contribution in [0.3, 0.4) is 0 Å². The normalized spacial score (nSPS) is 40.8. The zero-order valence-corrected chi connectivity index (χ0v) is 10.8. The highest BCUT2D eigenvalue weighted by Gasteiger charge is 2.52. The van der Waals surface area contributed by atoms with Crippen LogP contribution in [0.2, 0.25) is 0 Å². The zero-order valence-electron chi connectivity index (χ0n) is 10.8. The molecule has 0 N–H and O–H groups in total. The Morgan fingerprint density at radius 1 is 0.882 bits per heavy atom. The van der Waals surface area contributed by atoms with Crippen molar-refractivity contribution in [1.82, 2.24) is 0 Å². The molecule has 0 aromatic heterocycles. The fourth-order valence-electron chi connectivity index (χ4n) is 2.48. The second kappa shape index (κ2) is 6.11. The smallest absolute Gasteiger partial charge is 0.187 e. The molecule has 2 saturated heterocycles. The number of hydrogen-bond donors (Lipinski definition) is 0. The molecule has 2 aliphatic rings. The summed E-state index contributed by atoms with van der Waals surface area (Å²) in [6.45, 7) is 8.35. The van der Waals surface area contributed by atoms with Crippen LogP contribution in [-0.4, -0.2) is 57.1 Å². The van der Waals surface area contributed by atoms with Crippen molar-refractivity contribution in [1.29, 1.82) is 0 Å². The fraction of sp³-hybridized carbons (Fsp3) is 1.00. The Hall–Kier alpha value is -0.200. The van der Waals surface area contributed by atoms with Gasteiger partial charge in [-0.1, -0.05) is 0 Å². The Morgan fingerprint density at radius 2 is 1.47 bits per heavy atom. The topological polar surface area (TPSA) is 46.2 Å². The predicted octanol–water partition coefficient (Wildman–Crippen LogP) is 0.957. The van der Waals surface area contributed by atoms with Crippen LogP contribution in [0.1, 0.15) is 20.8 Å². The van der Waals surface area contributed by atoms with Gasteiger partial charge in [0, 0.05) is 19.8 Å². The third kappa shape index (κ3) is 2.63. The van der Waals surface area contributed by atoms with Crippen LogP contribution in [0.25, 0.3) is 0 Å². The molecule has 0 saturated carbocycles. The quantitative estimate of drug-likeness (QED) is 0.698. The maximum absolute atomic E-state index is 5.78. The third-order valence-corrected chi connectivity index (χ3v) is 3.09. The van der Waals surface area contributed by atoms with Crippen molar-refractivity contribution in [3.05, 3.63) is 0 Å². The molecule has 17 heavy (non-hydrogen) atoms. The van der Waals surface area contributed by atoms with Crippen LogP contribution >= 0.6 is 0 Å². The van der Waals surface area contributed by atoms with Crippen LogP contribution < -0.4 is 0 Å². The van der Waals surface area contributed by atoms with Crippen LogP contribution in [0.4, 0.5) is 0 Å². The summed E-state index contributed by atoms with van der Waals surface area (Å²) in [6.07, 6.45) is -0.752. The molecular formula is C12H22O5. The summed E-state index contributed by atoms with van der Waals surface area (Å²) >= 11 is 0. The second-order valence-corrected chi connectivity index (χ2v) is 4.14. The van der Waals surface area contributed by atoms with Crippen molar-refractivity contribution in [3.8, 4) is 0 Å². The van der Waals surface area contributed by atoms with Crippen LogP contribution in [0, 0.1) is 0 Å². The average Bonchev–Trinajstić information content (AvgIpc) is 2.75. The first-order chi connectivity index (χ1) is 8.31. The van der Waals surface area contributed by atoms with Gasteiger partial charge in [0.1, 0.15) is 24.4 Å². The van der Waals surface area contributed by atoms with Crippen molar-refractivity contribution in [2.45, 2.75) is 51.5 Å². The molecule has 2 fully saturated rings. The fourth-order valence-corrected chi connectivity index (χ4v) is 2.48. The molecule has 0 unspecified atom stereocenters. The Bertz CT molecular complexity index is 215. The monoisotopic (exact) mass is 246 g/mol. The molecule has 2 heterocycles. The summed E-state index contributed by atoms with van der Waals surface area (Å²) in [5.74, 6) is 0. The van der Waals surface area contributed by atoms with E-state index in [0.29, 0.717) is 26.4 Å². The Labute approximate surface area is 102 Å². The Morgan fingerprint density at radius 3 is 2.12 bits per heavy atom. The third-order valence-electron chi connectivity index (χ3n) is 3.09. The van der Waals surface area contributed by atoms with Crippen LogP contribution in [-0.2, 0) is 23.7 Å². The first-order valence-corrected chi connectivity index (χ1v) is 6.43. The van der Waals surface area contributed by atoms with Gasteiger partial charge >= 0.3 is 0 Å².